The average Bonchev–Trinajstić information content (AvgIpc) is 2.67. The second kappa shape index (κ2) is 8.41. The first kappa shape index (κ1) is 17.8. The summed E-state index contributed by atoms with van der Waals surface area (Å²) < 4.78 is 11.0. The number of anilines is 1. The first-order valence-electron chi connectivity index (χ1n) is 8.07. The minimum atomic E-state index is -0.268. The van der Waals surface area contributed by atoms with Crippen LogP contribution in [0.15, 0.2) is 72.8 Å². The van der Waals surface area contributed by atoms with Gasteiger partial charge in [-0.25, -0.2) is 0 Å². The molecule has 26 heavy (non-hydrogen) atoms. The van der Waals surface area contributed by atoms with E-state index in [4.69, 9.17) is 21.1 Å². The third kappa shape index (κ3) is 4.55. The molecule has 0 aliphatic carbocycles. The third-order valence-electron chi connectivity index (χ3n) is 3.75. The van der Waals surface area contributed by atoms with Gasteiger partial charge in [-0.3, -0.25) is 4.79 Å². The molecule has 0 saturated carbocycles. The molecule has 0 atom stereocenters. The molecule has 0 unspecified atom stereocenters. The molecule has 0 heterocycles. The SMILES string of the molecule is COc1ccc(Cl)cc1NC(=O)c1cccc(OCc2ccccc2)c1. The van der Waals surface area contributed by atoms with Crippen molar-refractivity contribution < 1.29 is 14.3 Å². The zero-order valence-corrected chi connectivity index (χ0v) is 15.0. The standard InChI is InChI=1S/C21H18ClNO3/c1-25-20-11-10-17(22)13-19(20)23-21(24)16-8-5-9-18(12-16)26-14-15-6-3-2-4-7-15/h2-13H,14H2,1H3,(H,23,24). The number of carbonyl (C=O) groups is 1. The Hall–Kier alpha value is -2.98. The van der Waals surface area contributed by atoms with Gasteiger partial charge in [-0.2, -0.15) is 0 Å². The van der Waals surface area contributed by atoms with Gasteiger partial charge in [0, 0.05) is 10.6 Å². The number of rotatable bonds is 6. The maximum absolute atomic E-state index is 12.6. The number of ether oxygens (including phenoxy) is 2. The fraction of sp³-hybridized carbons (Fsp3) is 0.0952. The summed E-state index contributed by atoms with van der Waals surface area (Å²) in [4.78, 5) is 12.6. The Kier molecular flexibility index (Phi) is 5.77. The molecule has 0 radical (unpaired) electrons. The van der Waals surface area contributed by atoms with Gasteiger partial charge in [0.25, 0.3) is 5.91 Å². The maximum atomic E-state index is 12.6. The first-order chi connectivity index (χ1) is 12.7. The summed E-state index contributed by atoms with van der Waals surface area (Å²) >= 11 is 6.00. The molecule has 0 spiro atoms. The minimum Gasteiger partial charge on any atom is -0.495 e. The Bertz CT molecular complexity index is 897. The van der Waals surface area contributed by atoms with Crippen LogP contribution in [0.5, 0.6) is 11.5 Å². The number of hydrogen-bond donors (Lipinski definition) is 1. The highest BCUT2D eigenvalue weighted by atomic mass is 35.5. The molecule has 0 aliphatic heterocycles. The summed E-state index contributed by atoms with van der Waals surface area (Å²) in [7, 11) is 1.54. The van der Waals surface area contributed by atoms with Gasteiger partial charge in [-0.1, -0.05) is 48.0 Å². The fourth-order valence-corrected chi connectivity index (χ4v) is 2.61. The van der Waals surface area contributed by atoms with Crippen molar-refractivity contribution in [1.29, 1.82) is 0 Å². The predicted molar refractivity (Wildman–Crippen MR) is 103 cm³/mol. The van der Waals surface area contributed by atoms with E-state index in [0.29, 0.717) is 34.4 Å². The predicted octanol–water partition coefficient (Wildman–Crippen LogP) is 5.18. The largest absolute Gasteiger partial charge is 0.495 e. The Morgan fingerprint density at radius 2 is 1.81 bits per heavy atom. The van der Waals surface area contributed by atoms with Crippen molar-refractivity contribution in [3.8, 4) is 11.5 Å². The van der Waals surface area contributed by atoms with E-state index >= 15 is 0 Å². The van der Waals surface area contributed by atoms with E-state index < -0.39 is 0 Å². The quantitative estimate of drug-likeness (QED) is 0.653. The monoisotopic (exact) mass is 367 g/mol. The lowest BCUT2D eigenvalue weighted by molar-refractivity contribution is 0.102. The van der Waals surface area contributed by atoms with E-state index in [1.807, 2.05) is 36.4 Å². The zero-order chi connectivity index (χ0) is 18.4. The van der Waals surface area contributed by atoms with Crippen LogP contribution in [0.1, 0.15) is 15.9 Å². The Morgan fingerprint density at radius 1 is 1.00 bits per heavy atom. The number of amides is 1. The van der Waals surface area contributed by atoms with Gasteiger partial charge in [0.05, 0.1) is 12.8 Å². The highest BCUT2D eigenvalue weighted by molar-refractivity contribution is 6.31. The lowest BCUT2D eigenvalue weighted by Crippen LogP contribution is -2.12. The van der Waals surface area contributed by atoms with Gasteiger partial charge >= 0.3 is 0 Å². The Labute approximate surface area is 157 Å². The van der Waals surface area contributed by atoms with Gasteiger partial charge in [-0.15, -0.1) is 0 Å². The van der Waals surface area contributed by atoms with E-state index in [0.717, 1.165) is 5.56 Å². The summed E-state index contributed by atoms with van der Waals surface area (Å²) in [6.07, 6.45) is 0. The van der Waals surface area contributed by atoms with E-state index in [9.17, 15) is 4.79 Å². The van der Waals surface area contributed by atoms with Crippen molar-refractivity contribution >= 4 is 23.2 Å². The normalized spacial score (nSPS) is 10.2. The molecule has 1 amide bonds. The van der Waals surface area contributed by atoms with E-state index in [2.05, 4.69) is 5.32 Å². The van der Waals surface area contributed by atoms with Crippen LogP contribution in [0.2, 0.25) is 5.02 Å². The van der Waals surface area contributed by atoms with Crippen LogP contribution in [-0.2, 0) is 6.61 Å². The molecule has 132 valence electrons. The number of carbonyl (C=O) groups excluding carboxylic acids is 1. The second-order valence-corrected chi connectivity index (χ2v) is 6.04. The summed E-state index contributed by atoms with van der Waals surface area (Å²) in [6.45, 7) is 0.439. The molecule has 0 fully saturated rings. The molecule has 0 aromatic heterocycles. The molecule has 0 bridgehead atoms. The molecule has 3 aromatic rings. The van der Waals surface area contributed by atoms with E-state index in [1.165, 1.54) is 7.11 Å². The van der Waals surface area contributed by atoms with Gasteiger partial charge in [0.1, 0.15) is 18.1 Å². The molecule has 0 aliphatic rings. The van der Waals surface area contributed by atoms with Crippen LogP contribution in [0, 0.1) is 0 Å². The molecule has 5 heteroatoms. The molecule has 3 aromatic carbocycles. The van der Waals surface area contributed by atoms with Gasteiger partial charge in [0.2, 0.25) is 0 Å². The summed E-state index contributed by atoms with van der Waals surface area (Å²) in [6, 6.07) is 21.9. The Balaban J connectivity index is 1.71. The van der Waals surface area contributed by atoms with Gasteiger partial charge < -0.3 is 14.8 Å². The first-order valence-corrected chi connectivity index (χ1v) is 8.45. The topological polar surface area (TPSA) is 47.6 Å². The molecule has 0 saturated heterocycles. The lowest BCUT2D eigenvalue weighted by Gasteiger charge is -2.11. The van der Waals surface area contributed by atoms with Gasteiger partial charge in [0.15, 0.2) is 0 Å². The average molecular weight is 368 g/mol. The number of methoxy groups -OCH3 is 1. The van der Waals surface area contributed by atoms with Crippen LogP contribution in [0.4, 0.5) is 5.69 Å². The van der Waals surface area contributed by atoms with Crippen molar-refractivity contribution in [2.75, 3.05) is 12.4 Å². The second-order valence-electron chi connectivity index (χ2n) is 5.60. The minimum absolute atomic E-state index is 0.268. The summed E-state index contributed by atoms with van der Waals surface area (Å²) in [5.41, 5.74) is 2.06. The van der Waals surface area contributed by atoms with E-state index in [1.54, 1.807) is 36.4 Å². The lowest BCUT2D eigenvalue weighted by atomic mass is 10.2. The number of halogens is 1. The number of benzene rings is 3. The highest BCUT2D eigenvalue weighted by Gasteiger charge is 2.11. The number of hydrogen-bond acceptors (Lipinski definition) is 3. The zero-order valence-electron chi connectivity index (χ0n) is 14.2. The summed E-state index contributed by atoms with van der Waals surface area (Å²) in [5, 5.41) is 3.33. The smallest absolute Gasteiger partial charge is 0.255 e. The third-order valence-corrected chi connectivity index (χ3v) is 3.99. The van der Waals surface area contributed by atoms with Crippen LogP contribution in [-0.4, -0.2) is 13.0 Å². The van der Waals surface area contributed by atoms with Crippen LogP contribution >= 0.6 is 11.6 Å². The summed E-state index contributed by atoms with van der Waals surface area (Å²) in [5.74, 6) is 0.898. The van der Waals surface area contributed by atoms with E-state index in [-0.39, 0.29) is 5.91 Å². The van der Waals surface area contributed by atoms with Crippen molar-refractivity contribution in [2.24, 2.45) is 0 Å². The van der Waals surface area contributed by atoms with Crippen LogP contribution in [0.3, 0.4) is 0 Å². The van der Waals surface area contributed by atoms with Crippen molar-refractivity contribution in [1.82, 2.24) is 0 Å². The van der Waals surface area contributed by atoms with Gasteiger partial charge in [-0.05, 0) is 42.0 Å². The van der Waals surface area contributed by atoms with Crippen molar-refractivity contribution in [2.45, 2.75) is 6.61 Å². The molecular formula is C21H18ClNO3. The van der Waals surface area contributed by atoms with Crippen LogP contribution < -0.4 is 14.8 Å². The van der Waals surface area contributed by atoms with Crippen LogP contribution in [0.25, 0.3) is 0 Å². The Morgan fingerprint density at radius 3 is 2.58 bits per heavy atom. The molecule has 1 N–H and O–H groups in total. The molecule has 4 nitrogen and oxygen atoms in total. The highest BCUT2D eigenvalue weighted by Crippen LogP contribution is 2.28. The maximum Gasteiger partial charge on any atom is 0.255 e. The van der Waals surface area contributed by atoms with Crippen molar-refractivity contribution in [3.05, 3.63) is 88.9 Å². The number of nitrogens with one attached hydrogen (secondary N) is 1. The molecular weight excluding hydrogens is 350 g/mol. The molecule has 3 rings (SSSR count). The fourth-order valence-electron chi connectivity index (χ4n) is 2.44. The van der Waals surface area contributed by atoms with Crippen molar-refractivity contribution in [3.63, 3.8) is 0 Å².